The third kappa shape index (κ3) is 2.24. The SMILES string of the molecule is CC1(NC(=O)c2cc(F)cc([N+](=O)[O-])c2N)CC1. The first kappa shape index (κ1) is 12.3. The summed E-state index contributed by atoms with van der Waals surface area (Å²) in [6.07, 6.45) is 1.66. The summed E-state index contributed by atoms with van der Waals surface area (Å²) in [6, 6.07) is 1.61. The minimum Gasteiger partial charge on any atom is -0.393 e. The molecule has 0 atom stereocenters. The van der Waals surface area contributed by atoms with Gasteiger partial charge in [-0.2, -0.15) is 0 Å². The zero-order valence-electron chi connectivity index (χ0n) is 9.70. The van der Waals surface area contributed by atoms with E-state index in [0.717, 1.165) is 18.9 Å². The fraction of sp³-hybridized carbons (Fsp3) is 0.364. The quantitative estimate of drug-likeness (QED) is 0.485. The maximum absolute atomic E-state index is 13.2. The van der Waals surface area contributed by atoms with Crippen molar-refractivity contribution in [3.05, 3.63) is 33.6 Å². The molecule has 0 bridgehead atoms. The molecular formula is C11H12FN3O3. The van der Waals surface area contributed by atoms with Crippen LogP contribution in [0.4, 0.5) is 15.8 Å². The van der Waals surface area contributed by atoms with Crippen molar-refractivity contribution in [1.29, 1.82) is 0 Å². The molecule has 3 N–H and O–H groups in total. The van der Waals surface area contributed by atoms with E-state index in [1.165, 1.54) is 0 Å². The molecule has 0 spiro atoms. The maximum Gasteiger partial charge on any atom is 0.295 e. The zero-order valence-corrected chi connectivity index (χ0v) is 9.70. The number of carbonyl (C=O) groups excluding carboxylic acids is 1. The van der Waals surface area contributed by atoms with Gasteiger partial charge in [0.1, 0.15) is 11.5 Å². The molecule has 1 amide bonds. The van der Waals surface area contributed by atoms with E-state index in [1.54, 1.807) is 0 Å². The highest BCUT2D eigenvalue weighted by atomic mass is 19.1. The number of rotatable bonds is 3. The molecule has 2 rings (SSSR count). The molecule has 7 heteroatoms. The highest BCUT2D eigenvalue weighted by Gasteiger charge is 2.39. The molecule has 1 aromatic carbocycles. The Kier molecular flexibility index (Phi) is 2.68. The van der Waals surface area contributed by atoms with Gasteiger partial charge in [-0.05, 0) is 25.8 Å². The fourth-order valence-electron chi connectivity index (χ4n) is 1.60. The topological polar surface area (TPSA) is 98.3 Å². The minimum absolute atomic E-state index is 0.199. The number of nitro benzene ring substituents is 1. The summed E-state index contributed by atoms with van der Waals surface area (Å²) >= 11 is 0. The summed E-state index contributed by atoms with van der Waals surface area (Å²) in [4.78, 5) is 21.7. The van der Waals surface area contributed by atoms with Crippen molar-refractivity contribution in [3.63, 3.8) is 0 Å². The second kappa shape index (κ2) is 3.94. The molecule has 1 aromatic rings. The van der Waals surface area contributed by atoms with Crippen LogP contribution in [0.25, 0.3) is 0 Å². The second-order valence-electron chi connectivity index (χ2n) is 4.66. The monoisotopic (exact) mass is 253 g/mol. The van der Waals surface area contributed by atoms with Crippen LogP contribution in [-0.2, 0) is 0 Å². The Morgan fingerprint density at radius 3 is 2.67 bits per heavy atom. The van der Waals surface area contributed by atoms with Crippen LogP contribution < -0.4 is 11.1 Å². The summed E-state index contributed by atoms with van der Waals surface area (Å²) in [6.45, 7) is 1.84. The molecule has 1 saturated carbocycles. The molecule has 0 heterocycles. The van der Waals surface area contributed by atoms with E-state index in [-0.39, 0.29) is 16.8 Å². The van der Waals surface area contributed by atoms with Crippen LogP contribution in [-0.4, -0.2) is 16.4 Å². The summed E-state index contributed by atoms with van der Waals surface area (Å²) < 4.78 is 13.2. The third-order valence-electron chi connectivity index (χ3n) is 2.98. The van der Waals surface area contributed by atoms with Crippen molar-refractivity contribution in [2.24, 2.45) is 0 Å². The van der Waals surface area contributed by atoms with Crippen LogP contribution in [0, 0.1) is 15.9 Å². The molecule has 1 aliphatic carbocycles. The highest BCUT2D eigenvalue weighted by molar-refractivity contribution is 6.01. The Labute approximate surface area is 102 Å². The standard InChI is InChI=1S/C11H12FN3O3/c1-11(2-3-11)14-10(16)7-4-6(12)5-8(9(7)13)15(17)18/h4-5H,2-3,13H2,1H3,(H,14,16). The van der Waals surface area contributed by atoms with Gasteiger partial charge in [0.05, 0.1) is 16.6 Å². The Bertz CT molecular complexity index is 541. The first-order chi connectivity index (χ1) is 8.32. The van der Waals surface area contributed by atoms with Gasteiger partial charge in [-0.25, -0.2) is 4.39 Å². The number of benzene rings is 1. The molecule has 1 aliphatic rings. The van der Waals surface area contributed by atoms with E-state index in [9.17, 15) is 19.3 Å². The van der Waals surface area contributed by atoms with E-state index in [4.69, 9.17) is 5.73 Å². The Balaban J connectivity index is 2.37. The molecule has 1 fully saturated rings. The van der Waals surface area contributed by atoms with Crippen molar-refractivity contribution in [2.45, 2.75) is 25.3 Å². The molecule has 6 nitrogen and oxygen atoms in total. The number of hydrogen-bond acceptors (Lipinski definition) is 4. The average Bonchev–Trinajstić information content (AvgIpc) is 2.98. The van der Waals surface area contributed by atoms with Gasteiger partial charge in [-0.3, -0.25) is 14.9 Å². The van der Waals surface area contributed by atoms with E-state index in [0.29, 0.717) is 6.07 Å². The van der Waals surface area contributed by atoms with Gasteiger partial charge in [0.25, 0.3) is 11.6 Å². The fourth-order valence-corrected chi connectivity index (χ4v) is 1.60. The summed E-state index contributed by atoms with van der Waals surface area (Å²) in [7, 11) is 0. The van der Waals surface area contributed by atoms with Crippen LogP contribution in [0.2, 0.25) is 0 Å². The van der Waals surface area contributed by atoms with Crippen LogP contribution in [0.15, 0.2) is 12.1 Å². The maximum atomic E-state index is 13.2. The summed E-state index contributed by atoms with van der Waals surface area (Å²) in [5, 5.41) is 13.3. The number of nitrogen functional groups attached to an aromatic ring is 1. The van der Waals surface area contributed by atoms with Gasteiger partial charge in [-0.15, -0.1) is 0 Å². The minimum atomic E-state index is -0.859. The average molecular weight is 253 g/mol. The van der Waals surface area contributed by atoms with Crippen LogP contribution in [0.3, 0.4) is 0 Å². The lowest BCUT2D eigenvalue weighted by molar-refractivity contribution is -0.384. The Morgan fingerprint density at radius 1 is 1.56 bits per heavy atom. The van der Waals surface area contributed by atoms with Gasteiger partial charge in [0.15, 0.2) is 0 Å². The van der Waals surface area contributed by atoms with Gasteiger partial charge in [0.2, 0.25) is 0 Å². The molecule has 0 saturated heterocycles. The van der Waals surface area contributed by atoms with Crippen LogP contribution in [0.1, 0.15) is 30.1 Å². The number of nitrogens with zero attached hydrogens (tertiary/aromatic N) is 1. The Morgan fingerprint density at radius 2 is 2.17 bits per heavy atom. The first-order valence-corrected chi connectivity index (χ1v) is 5.38. The highest BCUT2D eigenvalue weighted by Crippen LogP contribution is 2.35. The van der Waals surface area contributed by atoms with Crippen molar-refractivity contribution < 1.29 is 14.1 Å². The van der Waals surface area contributed by atoms with E-state index in [2.05, 4.69) is 5.32 Å². The summed E-state index contributed by atoms with van der Waals surface area (Å²) in [5.41, 5.74) is 4.11. The molecule has 0 unspecified atom stereocenters. The van der Waals surface area contributed by atoms with Gasteiger partial charge >= 0.3 is 0 Å². The summed E-state index contributed by atoms with van der Waals surface area (Å²) in [5.74, 6) is -1.45. The zero-order chi connectivity index (χ0) is 13.5. The molecule has 96 valence electrons. The molecule has 18 heavy (non-hydrogen) atoms. The van der Waals surface area contributed by atoms with Gasteiger partial charge in [0, 0.05) is 5.54 Å². The number of carbonyl (C=O) groups is 1. The smallest absolute Gasteiger partial charge is 0.295 e. The third-order valence-corrected chi connectivity index (χ3v) is 2.98. The number of nitrogens with one attached hydrogen (secondary N) is 1. The largest absolute Gasteiger partial charge is 0.393 e. The molecule has 0 aliphatic heterocycles. The Hall–Kier alpha value is -2.18. The first-order valence-electron chi connectivity index (χ1n) is 5.38. The molecular weight excluding hydrogens is 241 g/mol. The number of halogens is 1. The molecule has 0 radical (unpaired) electrons. The normalized spacial score (nSPS) is 16.1. The number of anilines is 1. The van der Waals surface area contributed by atoms with Crippen molar-refractivity contribution in [1.82, 2.24) is 5.32 Å². The predicted octanol–water partition coefficient (Wildman–Crippen LogP) is 1.60. The lowest BCUT2D eigenvalue weighted by Gasteiger charge is -2.12. The van der Waals surface area contributed by atoms with E-state index >= 15 is 0 Å². The lowest BCUT2D eigenvalue weighted by Crippen LogP contribution is -2.34. The van der Waals surface area contributed by atoms with Crippen molar-refractivity contribution in [2.75, 3.05) is 5.73 Å². The van der Waals surface area contributed by atoms with Crippen LogP contribution in [0.5, 0.6) is 0 Å². The van der Waals surface area contributed by atoms with Gasteiger partial charge < -0.3 is 11.1 Å². The second-order valence-corrected chi connectivity index (χ2v) is 4.66. The lowest BCUT2D eigenvalue weighted by atomic mass is 10.1. The molecule has 0 aromatic heterocycles. The van der Waals surface area contributed by atoms with E-state index in [1.807, 2.05) is 6.92 Å². The van der Waals surface area contributed by atoms with Crippen molar-refractivity contribution in [3.8, 4) is 0 Å². The number of hydrogen-bond donors (Lipinski definition) is 2. The van der Waals surface area contributed by atoms with Gasteiger partial charge in [-0.1, -0.05) is 0 Å². The number of nitro groups is 1. The number of amides is 1. The van der Waals surface area contributed by atoms with Crippen molar-refractivity contribution >= 4 is 17.3 Å². The van der Waals surface area contributed by atoms with Crippen LogP contribution >= 0.6 is 0 Å². The number of nitrogens with two attached hydrogens (primary N) is 1. The van der Waals surface area contributed by atoms with E-state index < -0.39 is 22.3 Å². The predicted molar refractivity (Wildman–Crippen MR) is 62.6 cm³/mol.